The highest BCUT2D eigenvalue weighted by atomic mass is 16.5. The number of aryl methyl sites for hydroxylation is 2. The molecule has 0 saturated heterocycles. The molecule has 0 atom stereocenters. The normalized spacial score (nSPS) is 20.1. The van der Waals surface area contributed by atoms with E-state index in [-0.39, 0.29) is 0 Å². The van der Waals surface area contributed by atoms with Gasteiger partial charge in [-0.3, -0.25) is 4.98 Å². The summed E-state index contributed by atoms with van der Waals surface area (Å²) in [4.78, 5) is 4.47. The van der Waals surface area contributed by atoms with Crippen LogP contribution in [0.1, 0.15) is 42.0 Å². The van der Waals surface area contributed by atoms with Crippen molar-refractivity contribution < 1.29 is 4.74 Å². The first-order chi connectivity index (χ1) is 6.86. The summed E-state index contributed by atoms with van der Waals surface area (Å²) in [5, 5.41) is 0. The van der Waals surface area contributed by atoms with Crippen LogP contribution in [0.15, 0.2) is 6.20 Å². The zero-order valence-corrected chi connectivity index (χ0v) is 8.55. The summed E-state index contributed by atoms with van der Waals surface area (Å²) in [6.07, 6.45) is 6.92. The van der Waals surface area contributed by atoms with E-state index in [2.05, 4.69) is 11.9 Å². The van der Waals surface area contributed by atoms with E-state index in [9.17, 15) is 0 Å². The maximum atomic E-state index is 5.80. The molecule has 2 heterocycles. The van der Waals surface area contributed by atoms with Crippen LogP contribution in [0.4, 0.5) is 0 Å². The van der Waals surface area contributed by atoms with Gasteiger partial charge >= 0.3 is 0 Å². The highest BCUT2D eigenvalue weighted by molar-refractivity contribution is 5.47. The second-order valence-electron chi connectivity index (χ2n) is 4.34. The van der Waals surface area contributed by atoms with E-state index in [1.165, 1.54) is 35.4 Å². The minimum atomic E-state index is 0.746. The van der Waals surface area contributed by atoms with E-state index in [4.69, 9.17) is 4.74 Å². The number of hydrogen-bond donors (Lipinski definition) is 0. The molecular formula is C12H15NO. The minimum Gasteiger partial charge on any atom is -0.493 e. The van der Waals surface area contributed by atoms with E-state index < -0.39 is 0 Å². The Balaban J connectivity index is 2.14. The minimum absolute atomic E-state index is 0.746. The summed E-state index contributed by atoms with van der Waals surface area (Å²) >= 11 is 0. The molecule has 1 saturated carbocycles. The van der Waals surface area contributed by atoms with E-state index in [1.54, 1.807) is 0 Å². The molecule has 1 aromatic rings. The average Bonchev–Trinajstić information content (AvgIpc) is 3.01. The lowest BCUT2D eigenvalue weighted by atomic mass is 10.0. The van der Waals surface area contributed by atoms with Gasteiger partial charge in [0.2, 0.25) is 0 Å². The van der Waals surface area contributed by atoms with Crippen molar-refractivity contribution >= 4 is 0 Å². The zero-order valence-electron chi connectivity index (χ0n) is 8.55. The van der Waals surface area contributed by atoms with Gasteiger partial charge in [0.1, 0.15) is 5.75 Å². The lowest BCUT2D eigenvalue weighted by Gasteiger charge is -2.21. The lowest BCUT2D eigenvalue weighted by Crippen LogP contribution is -2.12. The number of aromatic nitrogens is 1. The van der Waals surface area contributed by atoms with E-state index >= 15 is 0 Å². The van der Waals surface area contributed by atoms with Gasteiger partial charge in [-0.2, -0.15) is 0 Å². The third kappa shape index (κ3) is 1.21. The molecule has 0 bridgehead atoms. The molecule has 14 heavy (non-hydrogen) atoms. The molecule has 2 nitrogen and oxygen atoms in total. The van der Waals surface area contributed by atoms with Crippen molar-refractivity contribution in [3.8, 4) is 5.75 Å². The maximum Gasteiger partial charge on any atom is 0.129 e. The predicted octanol–water partition coefficient (Wildman–Crippen LogP) is 2.59. The van der Waals surface area contributed by atoms with E-state index in [0.29, 0.717) is 0 Å². The summed E-state index contributed by atoms with van der Waals surface area (Å²) in [7, 11) is 0. The second kappa shape index (κ2) is 2.97. The molecule has 1 aromatic heterocycles. The molecule has 0 spiro atoms. The Hall–Kier alpha value is -1.05. The lowest BCUT2D eigenvalue weighted by molar-refractivity contribution is 0.284. The van der Waals surface area contributed by atoms with Crippen LogP contribution in [-0.4, -0.2) is 11.6 Å². The average molecular weight is 189 g/mol. The molecular weight excluding hydrogens is 174 g/mol. The Labute approximate surface area is 84.3 Å². The predicted molar refractivity (Wildman–Crippen MR) is 54.8 cm³/mol. The Bertz CT molecular complexity index is 369. The number of ether oxygens (including phenoxy) is 1. The summed E-state index contributed by atoms with van der Waals surface area (Å²) < 4.78 is 5.80. The van der Waals surface area contributed by atoms with Crippen molar-refractivity contribution in [2.24, 2.45) is 0 Å². The molecule has 3 rings (SSSR count). The van der Waals surface area contributed by atoms with E-state index in [1.807, 2.05) is 6.20 Å². The monoisotopic (exact) mass is 189 g/mol. The van der Waals surface area contributed by atoms with Crippen molar-refractivity contribution in [3.05, 3.63) is 23.0 Å². The van der Waals surface area contributed by atoms with Crippen molar-refractivity contribution in [3.63, 3.8) is 0 Å². The van der Waals surface area contributed by atoms with Gasteiger partial charge in [0.25, 0.3) is 0 Å². The first-order valence-electron chi connectivity index (χ1n) is 5.47. The van der Waals surface area contributed by atoms with Crippen molar-refractivity contribution in [1.82, 2.24) is 4.98 Å². The number of fused-ring (bicyclic) bond motifs is 1. The third-order valence-electron chi connectivity index (χ3n) is 3.16. The highest BCUT2D eigenvalue weighted by Gasteiger charge is 2.31. The van der Waals surface area contributed by atoms with Gasteiger partial charge in [0, 0.05) is 23.0 Å². The fourth-order valence-corrected chi connectivity index (χ4v) is 2.28. The smallest absolute Gasteiger partial charge is 0.129 e. The molecule has 2 aliphatic rings. The Morgan fingerprint density at radius 2 is 2.29 bits per heavy atom. The second-order valence-corrected chi connectivity index (χ2v) is 4.34. The molecule has 0 amide bonds. The van der Waals surface area contributed by atoms with Gasteiger partial charge in [-0.05, 0) is 38.5 Å². The summed E-state index contributed by atoms with van der Waals surface area (Å²) in [5.41, 5.74) is 3.90. The quantitative estimate of drug-likeness (QED) is 0.677. The number of hydrogen-bond acceptors (Lipinski definition) is 2. The number of nitrogens with zero attached hydrogens (tertiary/aromatic N) is 1. The molecule has 1 aliphatic heterocycles. The van der Waals surface area contributed by atoms with E-state index in [0.717, 1.165) is 25.4 Å². The van der Waals surface area contributed by atoms with Gasteiger partial charge in [-0.15, -0.1) is 0 Å². The largest absolute Gasteiger partial charge is 0.493 e. The highest BCUT2D eigenvalue weighted by Crippen LogP contribution is 2.47. The Kier molecular flexibility index (Phi) is 1.76. The van der Waals surface area contributed by atoms with Crippen LogP contribution in [-0.2, 0) is 6.42 Å². The summed E-state index contributed by atoms with van der Waals surface area (Å²) in [5.74, 6) is 1.92. The Morgan fingerprint density at radius 3 is 3.07 bits per heavy atom. The van der Waals surface area contributed by atoms with Gasteiger partial charge in [-0.25, -0.2) is 0 Å². The summed E-state index contributed by atoms with van der Waals surface area (Å²) in [6, 6.07) is 0. The van der Waals surface area contributed by atoms with Crippen LogP contribution in [0.3, 0.4) is 0 Å². The SMILES string of the molecule is Cc1ncc2c(c1C1CC1)OCCC2. The summed E-state index contributed by atoms with van der Waals surface area (Å²) in [6.45, 7) is 2.99. The zero-order chi connectivity index (χ0) is 9.54. The molecule has 0 unspecified atom stereocenters. The first-order valence-corrected chi connectivity index (χ1v) is 5.47. The van der Waals surface area contributed by atoms with Crippen LogP contribution in [0.5, 0.6) is 5.75 Å². The molecule has 1 aliphatic carbocycles. The van der Waals surface area contributed by atoms with Crippen LogP contribution >= 0.6 is 0 Å². The molecule has 1 fully saturated rings. The van der Waals surface area contributed by atoms with Gasteiger partial charge in [0.15, 0.2) is 0 Å². The number of pyridine rings is 1. The fourth-order valence-electron chi connectivity index (χ4n) is 2.28. The van der Waals surface area contributed by atoms with Crippen LogP contribution in [0, 0.1) is 6.92 Å². The van der Waals surface area contributed by atoms with Crippen LogP contribution in [0.2, 0.25) is 0 Å². The van der Waals surface area contributed by atoms with Gasteiger partial charge in [0.05, 0.1) is 6.61 Å². The maximum absolute atomic E-state index is 5.80. The van der Waals surface area contributed by atoms with Crippen LogP contribution < -0.4 is 4.74 Å². The van der Waals surface area contributed by atoms with Crippen molar-refractivity contribution in [2.45, 2.75) is 38.5 Å². The van der Waals surface area contributed by atoms with Crippen molar-refractivity contribution in [1.29, 1.82) is 0 Å². The number of rotatable bonds is 1. The third-order valence-corrected chi connectivity index (χ3v) is 3.16. The molecule has 2 heteroatoms. The van der Waals surface area contributed by atoms with Crippen molar-refractivity contribution in [2.75, 3.05) is 6.61 Å². The fraction of sp³-hybridized carbons (Fsp3) is 0.583. The van der Waals surface area contributed by atoms with Gasteiger partial charge < -0.3 is 4.74 Å². The first kappa shape index (κ1) is 8.27. The topological polar surface area (TPSA) is 22.1 Å². The molecule has 74 valence electrons. The molecule has 0 aromatic carbocycles. The molecule has 0 radical (unpaired) electrons. The molecule has 0 N–H and O–H groups in total. The van der Waals surface area contributed by atoms with Gasteiger partial charge in [-0.1, -0.05) is 0 Å². The standard InChI is InChI=1S/C12H15NO/c1-8-11(9-4-5-9)12-10(7-13-8)3-2-6-14-12/h7,9H,2-6H2,1H3. The Morgan fingerprint density at radius 1 is 1.43 bits per heavy atom. The van der Waals surface area contributed by atoms with Crippen LogP contribution in [0.25, 0.3) is 0 Å².